The van der Waals surface area contributed by atoms with E-state index in [-0.39, 0.29) is 17.7 Å². The molecule has 0 heterocycles. The third kappa shape index (κ3) is 6.83. The molecule has 4 rings (SSSR count). The highest BCUT2D eigenvalue weighted by Crippen LogP contribution is 2.25. The number of aliphatic imine (C=N–C) groups is 2. The van der Waals surface area contributed by atoms with Gasteiger partial charge in [0.25, 0.3) is 0 Å². The number of carbonyl (C=O) groups excluding carboxylic acids is 1. The molecular formula is C25H21F3N4O3. The van der Waals surface area contributed by atoms with E-state index in [9.17, 15) is 18.0 Å². The third-order valence-electron chi connectivity index (χ3n) is 5.19. The van der Waals surface area contributed by atoms with E-state index in [1.165, 1.54) is 29.6 Å². The number of halogens is 3. The van der Waals surface area contributed by atoms with E-state index < -0.39 is 12.5 Å². The molecule has 1 aliphatic rings. The summed E-state index contributed by atoms with van der Waals surface area (Å²) in [6.07, 6.45) is -2.89. The van der Waals surface area contributed by atoms with Gasteiger partial charge in [0.1, 0.15) is 24.0 Å². The Bertz CT molecular complexity index is 1220. The van der Waals surface area contributed by atoms with Crippen molar-refractivity contribution in [3.8, 4) is 5.75 Å². The molecule has 7 nitrogen and oxygen atoms in total. The first kappa shape index (κ1) is 23.8. The summed E-state index contributed by atoms with van der Waals surface area (Å²) in [5.74, 6) is -0.172. The van der Waals surface area contributed by atoms with Crippen LogP contribution in [0.3, 0.4) is 0 Å². The molecule has 0 fully saturated rings. The molecule has 180 valence electrons. The van der Waals surface area contributed by atoms with E-state index >= 15 is 0 Å². The predicted octanol–water partition coefficient (Wildman–Crippen LogP) is 5.37. The molecule has 3 aromatic carbocycles. The molecular weight excluding hydrogens is 461 g/mol. The Labute approximate surface area is 199 Å². The van der Waals surface area contributed by atoms with Crippen molar-refractivity contribution in [2.75, 3.05) is 5.32 Å². The minimum absolute atomic E-state index is 0.170. The fourth-order valence-corrected chi connectivity index (χ4v) is 3.59. The number of alkyl halides is 3. The molecule has 0 atom stereocenters. The summed E-state index contributed by atoms with van der Waals surface area (Å²) >= 11 is 0. The number of hydrogen-bond donors (Lipinski definition) is 2. The van der Waals surface area contributed by atoms with E-state index in [1.807, 2.05) is 24.3 Å². The van der Waals surface area contributed by atoms with E-state index in [2.05, 4.69) is 20.0 Å². The maximum atomic E-state index is 12.2. The second-order valence-corrected chi connectivity index (χ2v) is 7.71. The Morgan fingerprint density at radius 2 is 1.60 bits per heavy atom. The number of anilines is 1. The van der Waals surface area contributed by atoms with Crippen LogP contribution >= 0.6 is 0 Å². The van der Waals surface area contributed by atoms with E-state index in [0.717, 1.165) is 12.1 Å². The lowest BCUT2D eigenvalue weighted by Crippen LogP contribution is -2.22. The number of nitrogens with two attached hydrogens (primary N) is 1. The second-order valence-electron chi connectivity index (χ2n) is 7.71. The molecule has 1 aliphatic carbocycles. The van der Waals surface area contributed by atoms with Crippen LogP contribution in [0.25, 0.3) is 0 Å². The van der Waals surface area contributed by atoms with Crippen LogP contribution < -0.4 is 15.8 Å². The number of rotatable bonds is 6. The summed E-state index contributed by atoms with van der Waals surface area (Å²) in [4.78, 5) is 20.3. The SMILES string of the molecule is NC(=NC=Nc1ccc(OC(F)(F)F)cc1)c1ccc(NC(=O)OC2Cc3ccccc3C2)cc1. The van der Waals surface area contributed by atoms with Crippen molar-refractivity contribution in [1.29, 1.82) is 0 Å². The van der Waals surface area contributed by atoms with Crippen LogP contribution in [0.1, 0.15) is 16.7 Å². The molecule has 0 bridgehead atoms. The average molecular weight is 482 g/mol. The third-order valence-corrected chi connectivity index (χ3v) is 5.19. The van der Waals surface area contributed by atoms with Crippen molar-refractivity contribution in [3.63, 3.8) is 0 Å². The van der Waals surface area contributed by atoms with Crippen LogP contribution in [0.15, 0.2) is 82.8 Å². The van der Waals surface area contributed by atoms with E-state index in [1.54, 1.807) is 24.3 Å². The molecule has 0 saturated heterocycles. The van der Waals surface area contributed by atoms with Crippen molar-refractivity contribution in [2.45, 2.75) is 25.3 Å². The normalized spacial score (nSPS) is 14.1. The molecule has 1 amide bonds. The fraction of sp³-hybridized carbons (Fsp3) is 0.160. The molecule has 0 aliphatic heterocycles. The molecule has 10 heteroatoms. The Balaban J connectivity index is 1.28. The second kappa shape index (κ2) is 10.3. The van der Waals surface area contributed by atoms with Gasteiger partial charge < -0.3 is 15.2 Å². The van der Waals surface area contributed by atoms with Crippen LogP contribution in [-0.4, -0.2) is 30.7 Å². The van der Waals surface area contributed by atoms with Gasteiger partial charge in [-0.2, -0.15) is 0 Å². The highest BCUT2D eigenvalue weighted by atomic mass is 19.4. The van der Waals surface area contributed by atoms with Gasteiger partial charge in [0.05, 0.1) is 5.69 Å². The van der Waals surface area contributed by atoms with Crippen molar-refractivity contribution in [2.24, 2.45) is 15.7 Å². The van der Waals surface area contributed by atoms with Crippen LogP contribution in [0, 0.1) is 0 Å². The predicted molar refractivity (Wildman–Crippen MR) is 126 cm³/mol. The fourth-order valence-electron chi connectivity index (χ4n) is 3.59. The number of nitrogens with zero attached hydrogens (tertiary/aromatic N) is 2. The minimum atomic E-state index is -4.75. The van der Waals surface area contributed by atoms with Gasteiger partial charge in [0.15, 0.2) is 0 Å². The summed E-state index contributed by atoms with van der Waals surface area (Å²) in [6, 6.07) is 19.7. The number of hydrogen-bond acceptors (Lipinski definition) is 4. The molecule has 0 radical (unpaired) electrons. The Kier molecular flexibility index (Phi) is 7.00. The lowest BCUT2D eigenvalue weighted by Gasteiger charge is -2.12. The highest BCUT2D eigenvalue weighted by Gasteiger charge is 2.31. The number of benzene rings is 3. The average Bonchev–Trinajstić information content (AvgIpc) is 3.21. The van der Waals surface area contributed by atoms with E-state index in [0.29, 0.717) is 29.8 Å². The van der Waals surface area contributed by atoms with Gasteiger partial charge in [-0.15, -0.1) is 13.2 Å². The van der Waals surface area contributed by atoms with Gasteiger partial charge in [0.2, 0.25) is 0 Å². The zero-order chi connectivity index (χ0) is 24.8. The molecule has 0 aromatic heterocycles. The number of amidine groups is 1. The quantitative estimate of drug-likeness (QED) is 0.365. The van der Waals surface area contributed by atoms with E-state index in [4.69, 9.17) is 10.5 Å². The first-order chi connectivity index (χ1) is 16.7. The van der Waals surface area contributed by atoms with Crippen LogP contribution in [0.4, 0.5) is 29.3 Å². The van der Waals surface area contributed by atoms with Crippen molar-refractivity contribution in [3.05, 3.63) is 89.5 Å². The Hall–Kier alpha value is -4.34. The first-order valence-electron chi connectivity index (χ1n) is 10.6. The van der Waals surface area contributed by atoms with Gasteiger partial charge in [-0.3, -0.25) is 5.32 Å². The Morgan fingerprint density at radius 3 is 2.20 bits per heavy atom. The lowest BCUT2D eigenvalue weighted by atomic mass is 10.1. The lowest BCUT2D eigenvalue weighted by molar-refractivity contribution is -0.274. The summed E-state index contributed by atoms with van der Waals surface area (Å²) < 4.78 is 45.9. The highest BCUT2D eigenvalue weighted by molar-refractivity contribution is 6.01. The molecule has 35 heavy (non-hydrogen) atoms. The zero-order valence-corrected chi connectivity index (χ0v) is 18.3. The summed E-state index contributed by atoms with van der Waals surface area (Å²) in [6.45, 7) is 0. The first-order valence-corrected chi connectivity index (χ1v) is 10.6. The Morgan fingerprint density at radius 1 is 0.971 bits per heavy atom. The van der Waals surface area contributed by atoms with Gasteiger partial charge in [-0.25, -0.2) is 14.8 Å². The van der Waals surface area contributed by atoms with Crippen LogP contribution in [0.2, 0.25) is 0 Å². The van der Waals surface area contributed by atoms with Crippen LogP contribution in [0.5, 0.6) is 5.75 Å². The van der Waals surface area contributed by atoms with Gasteiger partial charge in [-0.1, -0.05) is 24.3 Å². The van der Waals surface area contributed by atoms with Gasteiger partial charge >= 0.3 is 12.5 Å². The van der Waals surface area contributed by atoms with Crippen molar-refractivity contribution >= 4 is 29.6 Å². The largest absolute Gasteiger partial charge is 0.573 e. The van der Waals surface area contributed by atoms with Crippen LogP contribution in [-0.2, 0) is 17.6 Å². The molecule has 0 unspecified atom stereocenters. The maximum Gasteiger partial charge on any atom is 0.573 e. The zero-order valence-electron chi connectivity index (χ0n) is 18.3. The number of nitrogens with one attached hydrogen (secondary N) is 1. The number of ether oxygens (including phenoxy) is 2. The monoisotopic (exact) mass is 482 g/mol. The topological polar surface area (TPSA) is 98.3 Å². The van der Waals surface area contributed by atoms with Crippen molar-refractivity contribution < 1.29 is 27.4 Å². The number of fused-ring (bicyclic) bond motifs is 1. The molecule has 0 spiro atoms. The van der Waals surface area contributed by atoms with Crippen molar-refractivity contribution in [1.82, 2.24) is 0 Å². The number of carbonyl (C=O) groups is 1. The smallest absolute Gasteiger partial charge is 0.445 e. The summed E-state index contributed by atoms with van der Waals surface area (Å²) in [5, 5.41) is 2.70. The van der Waals surface area contributed by atoms with Gasteiger partial charge in [0, 0.05) is 24.1 Å². The standard InChI is InChI=1S/C25H21F3N4O3/c26-25(27,28)35-21-11-9-19(10-12-21)30-15-31-23(29)16-5-7-20(8-6-16)32-24(33)34-22-13-17-3-1-2-4-18(17)14-22/h1-12,15,22H,13-14H2,(H,32,33)(H2,29,30,31). The molecule has 0 saturated carbocycles. The molecule has 3 aromatic rings. The molecule has 3 N–H and O–H groups in total. The summed E-state index contributed by atoms with van der Waals surface area (Å²) in [5.41, 5.74) is 9.85. The van der Waals surface area contributed by atoms with Gasteiger partial charge in [-0.05, 0) is 59.7 Å². The number of amides is 1. The maximum absolute atomic E-state index is 12.2. The summed E-state index contributed by atoms with van der Waals surface area (Å²) in [7, 11) is 0. The minimum Gasteiger partial charge on any atom is -0.445 e.